The molecule has 0 fully saturated rings. The quantitative estimate of drug-likeness (QED) is 0.514. The van der Waals surface area contributed by atoms with E-state index in [1.165, 1.54) is 17.6 Å². The number of rotatable bonds is 4. The fourth-order valence-corrected chi connectivity index (χ4v) is 2.28. The molecule has 0 amide bonds. The molecule has 0 aliphatic rings. The molecule has 2 aromatic rings. The fourth-order valence-electron chi connectivity index (χ4n) is 1.30. The summed E-state index contributed by atoms with van der Waals surface area (Å²) in [7, 11) is 0. The number of benzene rings is 1. The molecule has 0 bridgehead atoms. The lowest BCUT2D eigenvalue weighted by molar-refractivity contribution is 0.616. The lowest BCUT2D eigenvalue weighted by atomic mass is 10.1. The number of aromatic nitrogens is 1. The zero-order chi connectivity index (χ0) is 13.0. The maximum absolute atomic E-state index is 13.8. The lowest BCUT2D eigenvalue weighted by Gasteiger charge is -2.01. The molecule has 3 N–H and O–H groups in total. The molecule has 4 nitrogen and oxygen atoms in total. The van der Waals surface area contributed by atoms with Gasteiger partial charge in [0.1, 0.15) is 11.6 Å². The maximum atomic E-state index is 13.8. The Balaban J connectivity index is 2.09. The third kappa shape index (κ3) is 3.05. The molecule has 0 saturated carbocycles. The van der Waals surface area contributed by atoms with Crippen LogP contribution in [0.25, 0.3) is 0 Å². The van der Waals surface area contributed by atoms with Crippen LogP contribution in [0.2, 0.25) is 0 Å². The molecular weight excluding hydrogens is 319 g/mol. The van der Waals surface area contributed by atoms with Crippen molar-refractivity contribution in [2.75, 3.05) is 11.2 Å². The van der Waals surface area contributed by atoms with Crippen molar-refractivity contribution >= 4 is 44.4 Å². The molecule has 94 valence electrons. The maximum Gasteiger partial charge on any atom is 0.205 e. The molecule has 0 unspecified atom stereocenters. The first-order chi connectivity index (χ1) is 8.70. The molecule has 1 heterocycles. The van der Waals surface area contributed by atoms with Crippen molar-refractivity contribution < 1.29 is 4.39 Å². The first-order valence-corrected chi connectivity index (χ1v) is 7.04. The molecule has 18 heavy (non-hydrogen) atoms. The molecule has 7 heteroatoms. The molecule has 0 radical (unpaired) electrons. The number of halogens is 2. The number of nitrogens with zero attached hydrogens (tertiary/aromatic N) is 2. The Labute approximate surface area is 116 Å². The number of hydrogen-bond donors (Lipinski definition) is 2. The van der Waals surface area contributed by atoms with Crippen LogP contribution in [0.1, 0.15) is 11.1 Å². The van der Waals surface area contributed by atoms with Gasteiger partial charge in [0.15, 0.2) is 0 Å². The van der Waals surface area contributed by atoms with Crippen molar-refractivity contribution in [2.24, 2.45) is 5.10 Å². The Bertz CT molecular complexity index is 570. The Morgan fingerprint density at radius 3 is 3.06 bits per heavy atom. The highest BCUT2D eigenvalue weighted by molar-refractivity contribution is 9.08. The van der Waals surface area contributed by atoms with E-state index in [4.69, 9.17) is 5.73 Å². The van der Waals surface area contributed by atoms with E-state index >= 15 is 0 Å². The van der Waals surface area contributed by atoms with E-state index in [0.717, 1.165) is 0 Å². The van der Waals surface area contributed by atoms with Gasteiger partial charge < -0.3 is 5.73 Å². The van der Waals surface area contributed by atoms with Crippen LogP contribution < -0.4 is 11.2 Å². The summed E-state index contributed by atoms with van der Waals surface area (Å²) in [6.45, 7) is 0. The Kier molecular flexibility index (Phi) is 4.27. The van der Waals surface area contributed by atoms with Crippen LogP contribution in [-0.2, 0) is 5.33 Å². The highest BCUT2D eigenvalue weighted by Gasteiger charge is 2.04. The number of nitrogens with two attached hydrogens (primary N) is 1. The topological polar surface area (TPSA) is 63.3 Å². The molecule has 0 saturated heterocycles. The van der Waals surface area contributed by atoms with Crippen LogP contribution in [0.15, 0.2) is 28.7 Å². The number of thiazole rings is 1. The monoisotopic (exact) mass is 328 g/mol. The van der Waals surface area contributed by atoms with Crippen molar-refractivity contribution in [1.82, 2.24) is 4.98 Å². The van der Waals surface area contributed by atoms with Crippen LogP contribution >= 0.6 is 27.3 Å². The van der Waals surface area contributed by atoms with Gasteiger partial charge in [-0.15, -0.1) is 11.3 Å². The lowest BCUT2D eigenvalue weighted by Crippen LogP contribution is -1.96. The van der Waals surface area contributed by atoms with Gasteiger partial charge in [-0.3, -0.25) is 5.43 Å². The average molecular weight is 329 g/mol. The number of nitrogen functional groups attached to an aromatic ring is 1. The average Bonchev–Trinajstić information content (AvgIpc) is 2.77. The van der Waals surface area contributed by atoms with Gasteiger partial charge in [-0.2, -0.15) is 5.10 Å². The van der Waals surface area contributed by atoms with E-state index in [2.05, 4.69) is 31.4 Å². The standard InChI is InChI=1S/C11H10BrFN4S/c12-4-7-2-1-3-8(10(7)13)5-15-17-11-16-9(14)6-18-11/h1-3,5-6H,4,14H2,(H,16,17). The largest absolute Gasteiger partial charge is 0.383 e. The minimum absolute atomic E-state index is 0.279. The number of hydrogen-bond acceptors (Lipinski definition) is 5. The molecule has 1 aromatic heterocycles. The van der Waals surface area contributed by atoms with Crippen LogP contribution in [0.5, 0.6) is 0 Å². The summed E-state index contributed by atoms with van der Waals surface area (Å²) in [6.07, 6.45) is 1.42. The minimum Gasteiger partial charge on any atom is -0.383 e. The summed E-state index contributed by atoms with van der Waals surface area (Å²) in [5.41, 5.74) is 9.18. The molecule has 0 atom stereocenters. The highest BCUT2D eigenvalue weighted by atomic mass is 79.9. The van der Waals surface area contributed by atoms with Crippen LogP contribution in [0.4, 0.5) is 15.3 Å². The number of hydrazone groups is 1. The summed E-state index contributed by atoms with van der Waals surface area (Å²) >= 11 is 4.56. The van der Waals surface area contributed by atoms with Crippen molar-refractivity contribution in [2.45, 2.75) is 5.33 Å². The van der Waals surface area contributed by atoms with E-state index in [9.17, 15) is 4.39 Å². The van der Waals surface area contributed by atoms with Gasteiger partial charge in [0.2, 0.25) is 5.13 Å². The first kappa shape index (κ1) is 13.0. The van der Waals surface area contributed by atoms with Crippen LogP contribution in [0.3, 0.4) is 0 Å². The molecule has 0 spiro atoms. The van der Waals surface area contributed by atoms with E-state index in [0.29, 0.717) is 27.4 Å². The normalized spacial score (nSPS) is 11.0. The molecule has 1 aromatic carbocycles. The van der Waals surface area contributed by atoms with Crippen molar-refractivity contribution in [3.05, 3.63) is 40.5 Å². The van der Waals surface area contributed by atoms with Crippen molar-refractivity contribution in [3.8, 4) is 0 Å². The van der Waals surface area contributed by atoms with Crippen LogP contribution in [-0.4, -0.2) is 11.2 Å². The van der Waals surface area contributed by atoms with Gasteiger partial charge in [0.25, 0.3) is 0 Å². The SMILES string of the molecule is Nc1csc(NN=Cc2cccc(CBr)c2F)n1. The molecule has 2 rings (SSSR count). The second-order valence-corrected chi connectivity index (χ2v) is 4.82. The third-order valence-electron chi connectivity index (χ3n) is 2.14. The second-order valence-electron chi connectivity index (χ2n) is 3.40. The highest BCUT2D eigenvalue weighted by Crippen LogP contribution is 2.17. The van der Waals surface area contributed by atoms with Gasteiger partial charge in [-0.05, 0) is 5.56 Å². The zero-order valence-electron chi connectivity index (χ0n) is 9.23. The van der Waals surface area contributed by atoms with E-state index in [-0.39, 0.29) is 5.82 Å². The van der Waals surface area contributed by atoms with Crippen LogP contribution in [0, 0.1) is 5.82 Å². The van der Waals surface area contributed by atoms with Crippen molar-refractivity contribution in [1.29, 1.82) is 0 Å². The Hall–Kier alpha value is -1.47. The summed E-state index contributed by atoms with van der Waals surface area (Å²) in [5.74, 6) is 0.156. The van der Waals surface area contributed by atoms with E-state index in [1.54, 1.807) is 23.6 Å². The smallest absolute Gasteiger partial charge is 0.205 e. The van der Waals surface area contributed by atoms with Gasteiger partial charge in [-0.1, -0.05) is 34.1 Å². The van der Waals surface area contributed by atoms with Crippen molar-refractivity contribution in [3.63, 3.8) is 0 Å². The summed E-state index contributed by atoms with van der Waals surface area (Å²) in [5, 5.41) is 6.66. The molecular formula is C11H10BrFN4S. The molecule has 0 aliphatic heterocycles. The second kappa shape index (κ2) is 5.92. The number of anilines is 2. The number of nitrogens with one attached hydrogen (secondary N) is 1. The number of alkyl halides is 1. The van der Waals surface area contributed by atoms with Gasteiger partial charge in [-0.25, -0.2) is 9.37 Å². The van der Waals surface area contributed by atoms with Gasteiger partial charge >= 0.3 is 0 Å². The van der Waals surface area contributed by atoms with E-state index < -0.39 is 0 Å². The predicted octanol–water partition coefficient (Wildman–Crippen LogP) is 3.21. The summed E-state index contributed by atoms with van der Waals surface area (Å²) in [6, 6.07) is 5.15. The fraction of sp³-hybridized carbons (Fsp3) is 0.0909. The van der Waals surface area contributed by atoms with Gasteiger partial charge in [0, 0.05) is 16.3 Å². The minimum atomic E-state index is -0.279. The van der Waals surface area contributed by atoms with Gasteiger partial charge in [0.05, 0.1) is 6.21 Å². The van der Waals surface area contributed by atoms with E-state index in [1.807, 2.05) is 0 Å². The Morgan fingerprint density at radius 1 is 1.56 bits per heavy atom. The first-order valence-electron chi connectivity index (χ1n) is 5.04. The third-order valence-corrected chi connectivity index (χ3v) is 3.51. The zero-order valence-corrected chi connectivity index (χ0v) is 11.6. The predicted molar refractivity (Wildman–Crippen MR) is 76.8 cm³/mol. The summed E-state index contributed by atoms with van der Waals surface area (Å²) in [4.78, 5) is 3.97. The summed E-state index contributed by atoms with van der Waals surface area (Å²) < 4.78 is 13.8. The Morgan fingerprint density at radius 2 is 2.39 bits per heavy atom. The molecule has 0 aliphatic carbocycles.